The molecule has 2 aromatic heterocycles. The first-order chi connectivity index (χ1) is 12.6. The smallest absolute Gasteiger partial charge is 0.255 e. The van der Waals surface area contributed by atoms with E-state index in [1.807, 2.05) is 30.0 Å². The second-order valence-electron chi connectivity index (χ2n) is 7.88. The van der Waals surface area contributed by atoms with Crippen molar-refractivity contribution in [3.05, 3.63) is 53.7 Å². The third kappa shape index (κ3) is 3.40. The maximum absolute atomic E-state index is 12.9. The predicted molar refractivity (Wildman–Crippen MR) is 99.7 cm³/mol. The van der Waals surface area contributed by atoms with Crippen molar-refractivity contribution in [3.8, 4) is 0 Å². The van der Waals surface area contributed by atoms with E-state index >= 15 is 0 Å². The maximum Gasteiger partial charge on any atom is 0.255 e. The van der Waals surface area contributed by atoms with Gasteiger partial charge >= 0.3 is 0 Å². The molecule has 5 heteroatoms. The molecule has 0 N–H and O–H groups in total. The molecule has 2 aliphatic rings. The van der Waals surface area contributed by atoms with Gasteiger partial charge in [0.1, 0.15) is 5.76 Å². The zero-order valence-electron chi connectivity index (χ0n) is 15.6. The highest BCUT2D eigenvalue weighted by Gasteiger charge is 2.43. The molecular weight excluding hydrogens is 326 g/mol. The van der Waals surface area contributed by atoms with Gasteiger partial charge in [0.2, 0.25) is 0 Å². The number of carbonyl (C=O) groups excluding carboxylic acids is 1. The molecule has 1 saturated heterocycles. The summed E-state index contributed by atoms with van der Waals surface area (Å²) in [5.74, 6) is 2.29. The normalized spacial score (nSPS) is 25.5. The number of hydrogen-bond donors (Lipinski definition) is 0. The molecule has 26 heavy (non-hydrogen) atoms. The fourth-order valence-corrected chi connectivity index (χ4v) is 4.77. The summed E-state index contributed by atoms with van der Waals surface area (Å²) >= 11 is 0. The lowest BCUT2D eigenvalue weighted by Gasteiger charge is -2.38. The molecule has 0 bridgehead atoms. The van der Waals surface area contributed by atoms with Gasteiger partial charge in [-0.15, -0.1) is 0 Å². The summed E-state index contributed by atoms with van der Waals surface area (Å²) < 4.78 is 5.52. The molecule has 1 saturated carbocycles. The number of nitrogens with zero attached hydrogens (tertiary/aromatic N) is 3. The van der Waals surface area contributed by atoms with Gasteiger partial charge in [-0.05, 0) is 62.4 Å². The number of amides is 1. The van der Waals surface area contributed by atoms with Crippen LogP contribution >= 0.6 is 0 Å². The second-order valence-corrected chi connectivity index (χ2v) is 7.88. The summed E-state index contributed by atoms with van der Waals surface area (Å²) in [6.07, 6.45) is 8.89. The molecule has 0 radical (unpaired) electrons. The number of hydrogen-bond acceptors (Lipinski definition) is 4. The molecule has 2 aromatic rings. The Balaban J connectivity index is 1.46. The van der Waals surface area contributed by atoms with Crippen molar-refractivity contribution in [2.75, 3.05) is 20.1 Å². The molecule has 3 heterocycles. The van der Waals surface area contributed by atoms with E-state index < -0.39 is 0 Å². The average Bonchev–Trinajstić information content (AvgIpc) is 3.29. The van der Waals surface area contributed by atoms with Crippen LogP contribution < -0.4 is 0 Å². The Morgan fingerprint density at radius 3 is 3.00 bits per heavy atom. The first-order valence-corrected chi connectivity index (χ1v) is 9.55. The molecule has 0 spiro atoms. The topological polar surface area (TPSA) is 49.6 Å². The summed E-state index contributed by atoms with van der Waals surface area (Å²) in [7, 11) is 2.19. The number of likely N-dealkylation sites (tertiary alicyclic amines) is 1. The quantitative estimate of drug-likeness (QED) is 0.846. The minimum Gasteiger partial charge on any atom is -0.468 e. The number of fused-ring (bicyclic) bond motifs is 1. The monoisotopic (exact) mass is 353 g/mol. The number of carbonyl (C=O) groups is 1. The van der Waals surface area contributed by atoms with Gasteiger partial charge in [-0.2, -0.15) is 0 Å². The molecule has 3 atom stereocenters. The van der Waals surface area contributed by atoms with E-state index in [4.69, 9.17) is 4.42 Å². The van der Waals surface area contributed by atoms with Crippen LogP contribution in [0.3, 0.4) is 0 Å². The molecule has 1 aliphatic heterocycles. The van der Waals surface area contributed by atoms with Crippen LogP contribution in [0.1, 0.15) is 40.9 Å². The lowest BCUT2D eigenvalue weighted by atomic mass is 9.77. The molecule has 4 rings (SSSR count). The minimum absolute atomic E-state index is 0.128. The van der Waals surface area contributed by atoms with Crippen LogP contribution in [0.2, 0.25) is 0 Å². The molecule has 1 amide bonds. The number of furan rings is 1. The van der Waals surface area contributed by atoms with Gasteiger partial charge in [-0.25, -0.2) is 0 Å². The lowest BCUT2D eigenvalue weighted by Crippen LogP contribution is -2.43. The van der Waals surface area contributed by atoms with Gasteiger partial charge in [0.05, 0.1) is 18.4 Å². The second kappa shape index (κ2) is 7.23. The van der Waals surface area contributed by atoms with E-state index in [1.165, 1.54) is 19.3 Å². The Morgan fingerprint density at radius 2 is 2.23 bits per heavy atom. The third-order valence-corrected chi connectivity index (χ3v) is 6.02. The summed E-state index contributed by atoms with van der Waals surface area (Å²) in [6, 6.07) is 6.43. The molecule has 2 fully saturated rings. The molecule has 138 valence electrons. The van der Waals surface area contributed by atoms with E-state index in [-0.39, 0.29) is 5.91 Å². The van der Waals surface area contributed by atoms with Crippen LogP contribution in [0.15, 0.2) is 41.3 Å². The number of pyridine rings is 1. The van der Waals surface area contributed by atoms with Crippen LogP contribution in [0.4, 0.5) is 0 Å². The summed E-state index contributed by atoms with van der Waals surface area (Å²) in [6.45, 7) is 4.54. The van der Waals surface area contributed by atoms with Gasteiger partial charge in [0, 0.05) is 31.5 Å². The number of rotatable bonds is 4. The number of aromatic nitrogens is 1. The first kappa shape index (κ1) is 17.3. The largest absolute Gasteiger partial charge is 0.468 e. The fourth-order valence-electron chi connectivity index (χ4n) is 4.77. The van der Waals surface area contributed by atoms with E-state index in [0.717, 1.165) is 31.0 Å². The molecule has 5 nitrogen and oxygen atoms in total. The molecular formula is C21H27N3O2. The fraction of sp³-hybridized carbons (Fsp3) is 0.524. The Hall–Kier alpha value is -2.14. The van der Waals surface area contributed by atoms with Crippen molar-refractivity contribution >= 4 is 5.91 Å². The van der Waals surface area contributed by atoms with Crippen molar-refractivity contribution in [2.45, 2.75) is 38.8 Å². The van der Waals surface area contributed by atoms with Crippen molar-refractivity contribution in [2.24, 2.45) is 11.8 Å². The molecule has 0 aromatic carbocycles. The highest BCUT2D eigenvalue weighted by Crippen LogP contribution is 2.39. The Morgan fingerprint density at radius 1 is 1.35 bits per heavy atom. The van der Waals surface area contributed by atoms with Gasteiger partial charge in [-0.3, -0.25) is 14.7 Å². The van der Waals surface area contributed by atoms with Crippen molar-refractivity contribution in [3.63, 3.8) is 0 Å². The van der Waals surface area contributed by atoms with E-state index in [1.54, 1.807) is 18.7 Å². The molecule has 0 unspecified atom stereocenters. The van der Waals surface area contributed by atoms with E-state index in [9.17, 15) is 4.79 Å². The van der Waals surface area contributed by atoms with Crippen molar-refractivity contribution < 1.29 is 9.21 Å². The van der Waals surface area contributed by atoms with E-state index in [0.29, 0.717) is 23.4 Å². The third-order valence-electron chi connectivity index (χ3n) is 6.02. The summed E-state index contributed by atoms with van der Waals surface area (Å²) in [4.78, 5) is 21.6. The van der Waals surface area contributed by atoms with Crippen molar-refractivity contribution in [1.29, 1.82) is 0 Å². The van der Waals surface area contributed by atoms with Gasteiger partial charge in [-0.1, -0.05) is 6.42 Å². The Bertz CT molecular complexity index is 758. The van der Waals surface area contributed by atoms with Gasteiger partial charge in [0.25, 0.3) is 5.91 Å². The summed E-state index contributed by atoms with van der Waals surface area (Å²) in [5, 5.41) is 0. The Labute approximate surface area is 155 Å². The molecule has 1 aliphatic carbocycles. The zero-order chi connectivity index (χ0) is 18.1. The van der Waals surface area contributed by atoms with Crippen LogP contribution in [0, 0.1) is 18.8 Å². The minimum atomic E-state index is 0.128. The number of aryl methyl sites for hydroxylation is 1. The van der Waals surface area contributed by atoms with Gasteiger partial charge < -0.3 is 9.32 Å². The van der Waals surface area contributed by atoms with Crippen molar-refractivity contribution in [1.82, 2.24) is 14.8 Å². The first-order valence-electron chi connectivity index (χ1n) is 9.55. The van der Waals surface area contributed by atoms with Crippen LogP contribution in [0.25, 0.3) is 0 Å². The SMILES string of the molecule is Cc1cncc(C(=O)N2C[C@@H]3CCC[C@@H](N(C)Cc4ccco4)[C@H]3C2)c1. The zero-order valence-corrected chi connectivity index (χ0v) is 15.6. The maximum atomic E-state index is 12.9. The highest BCUT2D eigenvalue weighted by molar-refractivity contribution is 5.94. The summed E-state index contributed by atoms with van der Waals surface area (Å²) in [5.41, 5.74) is 1.74. The predicted octanol–water partition coefficient (Wildman–Crippen LogP) is 3.36. The van der Waals surface area contributed by atoms with Crippen LogP contribution in [-0.2, 0) is 6.54 Å². The van der Waals surface area contributed by atoms with Gasteiger partial charge in [0.15, 0.2) is 0 Å². The van der Waals surface area contributed by atoms with Crippen LogP contribution in [0.5, 0.6) is 0 Å². The standard InChI is InChI=1S/C21H27N3O2/c1-15-9-17(11-22-10-15)21(25)24-12-16-5-3-7-20(19(16)14-24)23(2)13-18-6-4-8-26-18/h4,6,8-11,16,19-20H,3,5,7,12-14H2,1-2H3/t16-,19-,20+/m0/s1. The van der Waals surface area contributed by atoms with Crippen LogP contribution in [-0.4, -0.2) is 46.9 Å². The lowest BCUT2D eigenvalue weighted by molar-refractivity contribution is 0.0766. The van der Waals surface area contributed by atoms with E-state index in [2.05, 4.69) is 16.9 Å². The average molecular weight is 353 g/mol. The highest BCUT2D eigenvalue weighted by atomic mass is 16.3. The Kier molecular flexibility index (Phi) is 4.81.